The van der Waals surface area contributed by atoms with Crippen molar-refractivity contribution in [3.63, 3.8) is 0 Å². The van der Waals surface area contributed by atoms with Gasteiger partial charge in [-0.3, -0.25) is 0 Å². The van der Waals surface area contributed by atoms with E-state index in [0.717, 1.165) is 42.9 Å². The van der Waals surface area contributed by atoms with E-state index < -0.39 is 5.60 Å². The standard InChI is InChI=1S/C11H18N2O2/c1-8-10(9(2)15-13-8)7-11(14)3-5-12-6-4-11/h12,14H,3-7H2,1-2H3. The van der Waals surface area contributed by atoms with Gasteiger partial charge in [0.1, 0.15) is 5.76 Å². The van der Waals surface area contributed by atoms with Crippen LogP contribution in [0.2, 0.25) is 0 Å². The van der Waals surface area contributed by atoms with E-state index in [2.05, 4.69) is 10.5 Å². The van der Waals surface area contributed by atoms with Crippen LogP contribution in [0.1, 0.15) is 29.9 Å². The number of rotatable bonds is 2. The topological polar surface area (TPSA) is 58.3 Å². The van der Waals surface area contributed by atoms with Crippen molar-refractivity contribution in [2.45, 2.75) is 38.7 Å². The van der Waals surface area contributed by atoms with Gasteiger partial charge in [-0.15, -0.1) is 0 Å². The van der Waals surface area contributed by atoms with Crippen molar-refractivity contribution in [1.29, 1.82) is 0 Å². The van der Waals surface area contributed by atoms with E-state index in [1.165, 1.54) is 0 Å². The van der Waals surface area contributed by atoms with E-state index in [4.69, 9.17) is 4.52 Å². The zero-order chi connectivity index (χ0) is 10.9. The summed E-state index contributed by atoms with van der Waals surface area (Å²) in [6.07, 6.45) is 2.27. The Morgan fingerprint density at radius 2 is 2.07 bits per heavy atom. The van der Waals surface area contributed by atoms with Crippen LogP contribution in [0, 0.1) is 13.8 Å². The molecule has 0 aromatic carbocycles. The van der Waals surface area contributed by atoms with E-state index in [1.54, 1.807) is 0 Å². The Kier molecular flexibility index (Phi) is 2.80. The zero-order valence-electron chi connectivity index (χ0n) is 9.34. The molecule has 1 saturated heterocycles. The summed E-state index contributed by atoms with van der Waals surface area (Å²) in [6.45, 7) is 5.61. The first kappa shape index (κ1) is 10.6. The second kappa shape index (κ2) is 3.94. The minimum atomic E-state index is -0.577. The lowest BCUT2D eigenvalue weighted by molar-refractivity contribution is 0.0104. The highest BCUT2D eigenvalue weighted by Crippen LogP contribution is 2.26. The Bertz CT molecular complexity index is 321. The maximum Gasteiger partial charge on any atom is 0.137 e. The van der Waals surface area contributed by atoms with Gasteiger partial charge in [-0.1, -0.05) is 5.16 Å². The van der Waals surface area contributed by atoms with Gasteiger partial charge in [0.25, 0.3) is 0 Å². The van der Waals surface area contributed by atoms with Gasteiger partial charge in [0.15, 0.2) is 0 Å². The number of aliphatic hydroxyl groups is 1. The normalized spacial score (nSPS) is 20.5. The third kappa shape index (κ3) is 2.21. The number of piperidine rings is 1. The quantitative estimate of drug-likeness (QED) is 0.763. The molecule has 1 aliphatic rings. The highest BCUT2D eigenvalue weighted by atomic mass is 16.5. The van der Waals surface area contributed by atoms with Crippen LogP contribution in [-0.4, -0.2) is 29.0 Å². The minimum absolute atomic E-state index is 0.577. The van der Waals surface area contributed by atoms with Gasteiger partial charge < -0.3 is 14.9 Å². The SMILES string of the molecule is Cc1noc(C)c1CC1(O)CCNCC1. The Hall–Kier alpha value is -0.870. The first-order valence-electron chi connectivity index (χ1n) is 5.46. The fraction of sp³-hybridized carbons (Fsp3) is 0.727. The van der Waals surface area contributed by atoms with Gasteiger partial charge in [0, 0.05) is 12.0 Å². The minimum Gasteiger partial charge on any atom is -0.389 e. The van der Waals surface area contributed by atoms with E-state index in [0.29, 0.717) is 6.42 Å². The van der Waals surface area contributed by atoms with E-state index in [-0.39, 0.29) is 0 Å². The molecule has 2 N–H and O–H groups in total. The van der Waals surface area contributed by atoms with Gasteiger partial charge >= 0.3 is 0 Å². The lowest BCUT2D eigenvalue weighted by Crippen LogP contribution is -2.43. The van der Waals surface area contributed by atoms with Crippen LogP contribution in [0.4, 0.5) is 0 Å². The number of nitrogens with one attached hydrogen (secondary N) is 1. The predicted molar refractivity (Wildman–Crippen MR) is 56.7 cm³/mol. The first-order chi connectivity index (χ1) is 7.11. The molecule has 0 saturated carbocycles. The van der Waals surface area contributed by atoms with Crippen LogP contribution in [0.3, 0.4) is 0 Å². The summed E-state index contributed by atoms with van der Waals surface area (Å²) in [4.78, 5) is 0. The fourth-order valence-electron chi connectivity index (χ4n) is 2.15. The fourth-order valence-corrected chi connectivity index (χ4v) is 2.15. The number of nitrogens with zero attached hydrogens (tertiary/aromatic N) is 1. The van der Waals surface area contributed by atoms with Crippen LogP contribution in [0.25, 0.3) is 0 Å². The lowest BCUT2D eigenvalue weighted by Gasteiger charge is -2.32. The molecule has 84 valence electrons. The molecule has 1 aliphatic heterocycles. The maximum absolute atomic E-state index is 10.4. The Morgan fingerprint density at radius 1 is 1.40 bits per heavy atom. The number of hydrogen-bond acceptors (Lipinski definition) is 4. The highest BCUT2D eigenvalue weighted by Gasteiger charge is 2.31. The second-order valence-electron chi connectivity index (χ2n) is 4.45. The summed E-state index contributed by atoms with van der Waals surface area (Å²) in [6, 6.07) is 0. The Balaban J connectivity index is 2.13. The first-order valence-corrected chi connectivity index (χ1v) is 5.46. The molecule has 0 unspecified atom stereocenters. The number of hydrogen-bond donors (Lipinski definition) is 2. The average molecular weight is 210 g/mol. The summed E-state index contributed by atoms with van der Waals surface area (Å²) in [5.74, 6) is 0.833. The Morgan fingerprint density at radius 3 is 2.60 bits per heavy atom. The molecule has 0 amide bonds. The molecule has 0 atom stereocenters. The zero-order valence-corrected chi connectivity index (χ0v) is 9.34. The molecule has 4 heteroatoms. The molecule has 0 spiro atoms. The van der Waals surface area contributed by atoms with Gasteiger partial charge in [-0.25, -0.2) is 0 Å². The summed E-state index contributed by atoms with van der Waals surface area (Å²) in [7, 11) is 0. The van der Waals surface area contributed by atoms with Crippen LogP contribution >= 0.6 is 0 Å². The van der Waals surface area contributed by atoms with E-state index in [9.17, 15) is 5.11 Å². The molecule has 2 rings (SSSR count). The average Bonchev–Trinajstić information content (AvgIpc) is 2.50. The van der Waals surface area contributed by atoms with Crippen molar-refractivity contribution >= 4 is 0 Å². The molecule has 0 bridgehead atoms. The molecule has 1 aromatic heterocycles. The van der Waals surface area contributed by atoms with Crippen molar-refractivity contribution < 1.29 is 9.63 Å². The van der Waals surface area contributed by atoms with Crippen LogP contribution < -0.4 is 5.32 Å². The third-order valence-corrected chi connectivity index (χ3v) is 3.22. The van der Waals surface area contributed by atoms with Gasteiger partial charge in [-0.05, 0) is 39.8 Å². The van der Waals surface area contributed by atoms with Gasteiger partial charge in [0.2, 0.25) is 0 Å². The molecule has 0 radical (unpaired) electrons. The van der Waals surface area contributed by atoms with Crippen molar-refractivity contribution in [2.75, 3.05) is 13.1 Å². The summed E-state index contributed by atoms with van der Waals surface area (Å²) in [5.41, 5.74) is 1.39. The van der Waals surface area contributed by atoms with Crippen LogP contribution in [0.15, 0.2) is 4.52 Å². The molecule has 0 aliphatic carbocycles. The van der Waals surface area contributed by atoms with E-state index >= 15 is 0 Å². The van der Waals surface area contributed by atoms with Crippen molar-refractivity contribution in [2.24, 2.45) is 0 Å². The van der Waals surface area contributed by atoms with Crippen LogP contribution in [0.5, 0.6) is 0 Å². The largest absolute Gasteiger partial charge is 0.389 e. The number of aromatic nitrogens is 1. The molecule has 1 aromatic rings. The molecule has 1 fully saturated rings. The molecule has 4 nitrogen and oxygen atoms in total. The highest BCUT2D eigenvalue weighted by molar-refractivity contribution is 5.23. The maximum atomic E-state index is 10.4. The van der Waals surface area contributed by atoms with Gasteiger partial charge in [0.05, 0.1) is 11.3 Å². The second-order valence-corrected chi connectivity index (χ2v) is 4.45. The smallest absolute Gasteiger partial charge is 0.137 e. The summed E-state index contributed by atoms with van der Waals surface area (Å²) < 4.78 is 5.11. The van der Waals surface area contributed by atoms with Crippen molar-refractivity contribution in [3.8, 4) is 0 Å². The summed E-state index contributed by atoms with van der Waals surface area (Å²) >= 11 is 0. The lowest BCUT2D eigenvalue weighted by atomic mass is 9.85. The number of aryl methyl sites for hydroxylation is 2. The van der Waals surface area contributed by atoms with E-state index in [1.807, 2.05) is 13.8 Å². The molecular formula is C11H18N2O2. The Labute approximate surface area is 89.7 Å². The third-order valence-electron chi connectivity index (χ3n) is 3.22. The monoisotopic (exact) mass is 210 g/mol. The van der Waals surface area contributed by atoms with Gasteiger partial charge in [-0.2, -0.15) is 0 Å². The van der Waals surface area contributed by atoms with Crippen LogP contribution in [-0.2, 0) is 6.42 Å². The molecule has 15 heavy (non-hydrogen) atoms. The van der Waals surface area contributed by atoms with Crippen molar-refractivity contribution in [3.05, 3.63) is 17.0 Å². The predicted octanol–water partition coefficient (Wildman–Crippen LogP) is 0.948. The molecule has 2 heterocycles. The summed E-state index contributed by atoms with van der Waals surface area (Å²) in [5, 5.41) is 17.5. The van der Waals surface area contributed by atoms with Crippen molar-refractivity contribution in [1.82, 2.24) is 10.5 Å². The molecular weight excluding hydrogens is 192 g/mol.